The SMILES string of the molecule is CC1(C)c2c(cccc2N(c2ccccc2)c2ccc(-c3ccccc3)cc2)-c2c(-c3ccccc3)ccc3cccc1c23. The van der Waals surface area contributed by atoms with Crippen molar-refractivity contribution in [3.05, 3.63) is 175 Å². The lowest BCUT2D eigenvalue weighted by Gasteiger charge is -2.40. The van der Waals surface area contributed by atoms with Gasteiger partial charge in [-0.05, 0) is 85.6 Å². The highest BCUT2D eigenvalue weighted by molar-refractivity contribution is 6.10. The second-order valence-electron chi connectivity index (χ2n) is 12.2. The molecule has 8 rings (SSSR count). The number of rotatable bonds is 5. The summed E-state index contributed by atoms with van der Waals surface area (Å²) in [7, 11) is 0. The summed E-state index contributed by atoms with van der Waals surface area (Å²) in [4.78, 5) is 2.44. The first kappa shape index (κ1) is 26.2. The van der Waals surface area contributed by atoms with Gasteiger partial charge in [-0.3, -0.25) is 0 Å². The Hall–Kier alpha value is -5.40. The summed E-state index contributed by atoms with van der Waals surface area (Å²) in [5.41, 5.74) is 13.6. The zero-order chi connectivity index (χ0) is 29.7. The lowest BCUT2D eigenvalue weighted by molar-refractivity contribution is 0.646. The molecule has 0 fully saturated rings. The number of fused-ring (bicyclic) bond motifs is 2. The molecule has 0 N–H and O–H groups in total. The van der Waals surface area contributed by atoms with E-state index < -0.39 is 0 Å². The molecule has 0 saturated heterocycles. The van der Waals surface area contributed by atoms with Gasteiger partial charge in [0.15, 0.2) is 0 Å². The number of para-hydroxylation sites is 1. The smallest absolute Gasteiger partial charge is 0.0508 e. The summed E-state index contributed by atoms with van der Waals surface area (Å²) >= 11 is 0. The van der Waals surface area contributed by atoms with Gasteiger partial charge in [-0.1, -0.05) is 147 Å². The predicted octanol–water partition coefficient (Wildman–Crippen LogP) is 11.9. The molecule has 7 aromatic carbocycles. The van der Waals surface area contributed by atoms with Crippen molar-refractivity contribution in [2.45, 2.75) is 19.3 Å². The average molecular weight is 564 g/mol. The van der Waals surface area contributed by atoms with Crippen LogP contribution in [0.15, 0.2) is 164 Å². The third kappa shape index (κ3) is 4.16. The highest BCUT2D eigenvalue weighted by Crippen LogP contribution is 2.55. The predicted molar refractivity (Wildman–Crippen MR) is 187 cm³/mol. The highest BCUT2D eigenvalue weighted by Gasteiger charge is 2.38. The molecule has 7 aromatic rings. The third-order valence-corrected chi connectivity index (χ3v) is 9.23. The Morgan fingerprint density at radius 3 is 1.73 bits per heavy atom. The van der Waals surface area contributed by atoms with Crippen LogP contribution in [0.4, 0.5) is 17.1 Å². The lowest BCUT2D eigenvalue weighted by Crippen LogP contribution is -2.27. The molecule has 0 amide bonds. The quantitative estimate of drug-likeness (QED) is 0.201. The van der Waals surface area contributed by atoms with E-state index in [2.05, 4.69) is 183 Å². The van der Waals surface area contributed by atoms with Gasteiger partial charge in [-0.25, -0.2) is 0 Å². The molecule has 0 saturated carbocycles. The fourth-order valence-electron chi connectivity index (χ4n) is 7.20. The third-order valence-electron chi connectivity index (χ3n) is 9.23. The second-order valence-corrected chi connectivity index (χ2v) is 12.2. The van der Waals surface area contributed by atoms with E-state index >= 15 is 0 Å². The maximum Gasteiger partial charge on any atom is 0.0508 e. The minimum absolute atomic E-state index is 0.231. The van der Waals surface area contributed by atoms with Gasteiger partial charge in [-0.2, -0.15) is 0 Å². The van der Waals surface area contributed by atoms with Crippen molar-refractivity contribution in [1.82, 2.24) is 0 Å². The molecule has 1 aliphatic rings. The first-order valence-electron chi connectivity index (χ1n) is 15.4. The van der Waals surface area contributed by atoms with Crippen molar-refractivity contribution in [2.75, 3.05) is 4.90 Å². The van der Waals surface area contributed by atoms with Crippen molar-refractivity contribution in [3.8, 4) is 33.4 Å². The summed E-state index contributed by atoms with van der Waals surface area (Å²) in [6.07, 6.45) is 0. The van der Waals surface area contributed by atoms with Crippen LogP contribution in [0.2, 0.25) is 0 Å². The molecule has 44 heavy (non-hydrogen) atoms. The van der Waals surface area contributed by atoms with Gasteiger partial charge in [0, 0.05) is 16.8 Å². The van der Waals surface area contributed by atoms with E-state index in [0.29, 0.717) is 0 Å². The first-order chi connectivity index (χ1) is 21.6. The monoisotopic (exact) mass is 563 g/mol. The molecule has 210 valence electrons. The average Bonchev–Trinajstić information content (AvgIpc) is 3.08. The summed E-state index contributed by atoms with van der Waals surface area (Å²) < 4.78 is 0. The Balaban J connectivity index is 1.40. The van der Waals surface area contributed by atoms with E-state index in [-0.39, 0.29) is 5.41 Å². The molecule has 0 atom stereocenters. The lowest BCUT2D eigenvalue weighted by atomic mass is 9.66. The van der Waals surface area contributed by atoms with Crippen molar-refractivity contribution >= 4 is 27.8 Å². The van der Waals surface area contributed by atoms with Gasteiger partial charge < -0.3 is 4.90 Å². The number of hydrogen-bond donors (Lipinski definition) is 0. The maximum absolute atomic E-state index is 2.44. The molecule has 0 heterocycles. The van der Waals surface area contributed by atoms with Crippen LogP contribution in [0.5, 0.6) is 0 Å². The van der Waals surface area contributed by atoms with Crippen LogP contribution in [0.25, 0.3) is 44.2 Å². The molecule has 0 aromatic heterocycles. The van der Waals surface area contributed by atoms with E-state index in [9.17, 15) is 0 Å². The fraction of sp³-hybridized carbons (Fsp3) is 0.0698. The van der Waals surface area contributed by atoms with E-state index in [1.54, 1.807) is 0 Å². The molecular weight excluding hydrogens is 530 g/mol. The summed E-state index contributed by atoms with van der Waals surface area (Å²) in [5.74, 6) is 0. The number of anilines is 3. The van der Waals surface area contributed by atoms with Crippen LogP contribution < -0.4 is 4.90 Å². The number of benzene rings is 7. The van der Waals surface area contributed by atoms with Gasteiger partial charge in [0.1, 0.15) is 0 Å². The Labute approximate surface area is 259 Å². The van der Waals surface area contributed by atoms with Crippen molar-refractivity contribution in [1.29, 1.82) is 0 Å². The summed E-state index contributed by atoms with van der Waals surface area (Å²) in [6, 6.07) is 59.5. The molecule has 0 bridgehead atoms. The summed E-state index contributed by atoms with van der Waals surface area (Å²) in [5, 5.41) is 2.65. The maximum atomic E-state index is 2.44. The van der Waals surface area contributed by atoms with Crippen LogP contribution in [-0.2, 0) is 5.41 Å². The Morgan fingerprint density at radius 2 is 1.02 bits per heavy atom. The Bertz CT molecular complexity index is 2110. The molecule has 0 aliphatic heterocycles. The standard InChI is InChI=1S/C43H33N/c1-43(2)38-22-12-18-33-26-29-36(32-16-8-4-9-17-32)41(40(33)38)37-21-13-23-39(42(37)43)44(34-19-10-5-11-20-34)35-27-24-31(25-28-35)30-14-6-3-7-15-30/h3-29H,1-2H3. The highest BCUT2D eigenvalue weighted by atomic mass is 15.1. The molecule has 0 radical (unpaired) electrons. The molecular formula is C43H33N. The normalized spacial score (nSPS) is 13.0. The van der Waals surface area contributed by atoms with Gasteiger partial charge >= 0.3 is 0 Å². The van der Waals surface area contributed by atoms with Crippen LogP contribution in [0.1, 0.15) is 25.0 Å². The zero-order valence-corrected chi connectivity index (χ0v) is 25.0. The Morgan fingerprint density at radius 1 is 0.432 bits per heavy atom. The van der Waals surface area contributed by atoms with Crippen LogP contribution in [0.3, 0.4) is 0 Å². The van der Waals surface area contributed by atoms with E-state index in [4.69, 9.17) is 0 Å². The topological polar surface area (TPSA) is 3.24 Å². The zero-order valence-electron chi connectivity index (χ0n) is 25.0. The van der Waals surface area contributed by atoms with Gasteiger partial charge in [0.2, 0.25) is 0 Å². The largest absolute Gasteiger partial charge is 0.310 e. The van der Waals surface area contributed by atoms with E-state index in [1.165, 1.54) is 61.0 Å². The van der Waals surface area contributed by atoms with Crippen LogP contribution >= 0.6 is 0 Å². The molecule has 1 nitrogen and oxygen atoms in total. The van der Waals surface area contributed by atoms with E-state index in [0.717, 1.165) is 11.4 Å². The van der Waals surface area contributed by atoms with Gasteiger partial charge in [-0.15, -0.1) is 0 Å². The molecule has 0 spiro atoms. The van der Waals surface area contributed by atoms with Gasteiger partial charge in [0.05, 0.1) is 5.69 Å². The molecule has 0 unspecified atom stereocenters. The van der Waals surface area contributed by atoms with Crippen molar-refractivity contribution in [3.63, 3.8) is 0 Å². The van der Waals surface area contributed by atoms with Crippen molar-refractivity contribution in [2.24, 2.45) is 0 Å². The molecule has 1 heteroatoms. The fourth-order valence-corrected chi connectivity index (χ4v) is 7.20. The van der Waals surface area contributed by atoms with E-state index in [1.807, 2.05) is 0 Å². The Kier molecular flexibility index (Phi) is 6.20. The molecule has 1 aliphatic carbocycles. The van der Waals surface area contributed by atoms with Crippen molar-refractivity contribution < 1.29 is 0 Å². The minimum Gasteiger partial charge on any atom is -0.310 e. The summed E-state index contributed by atoms with van der Waals surface area (Å²) in [6.45, 7) is 4.79. The first-order valence-corrected chi connectivity index (χ1v) is 15.4. The minimum atomic E-state index is -0.231. The number of hydrogen-bond acceptors (Lipinski definition) is 1. The number of nitrogens with zero attached hydrogens (tertiary/aromatic N) is 1. The van der Waals surface area contributed by atoms with Gasteiger partial charge in [0.25, 0.3) is 0 Å². The van der Waals surface area contributed by atoms with Crippen LogP contribution in [0, 0.1) is 0 Å². The second kappa shape index (κ2) is 10.4. The van der Waals surface area contributed by atoms with Crippen LogP contribution in [-0.4, -0.2) is 0 Å².